The normalized spacial score (nSPS) is 13.1. The lowest BCUT2D eigenvalue weighted by atomic mass is 9.87. The van der Waals surface area contributed by atoms with Crippen LogP contribution < -0.4 is 5.32 Å². The van der Waals surface area contributed by atoms with Crippen LogP contribution in [0.25, 0.3) is 10.9 Å². The number of benzene rings is 1. The molecule has 118 valence electrons. The zero-order valence-corrected chi connectivity index (χ0v) is 13.8. The van der Waals surface area contributed by atoms with Crippen molar-refractivity contribution in [3.05, 3.63) is 35.8 Å². The fourth-order valence-electron chi connectivity index (χ4n) is 2.43. The summed E-state index contributed by atoms with van der Waals surface area (Å²) in [7, 11) is 1.40. The third-order valence-electron chi connectivity index (χ3n) is 3.61. The highest BCUT2D eigenvalue weighted by Gasteiger charge is 2.31. The van der Waals surface area contributed by atoms with Crippen LogP contribution in [-0.4, -0.2) is 29.1 Å². The molecule has 5 heteroatoms. The molecule has 0 aliphatic carbocycles. The molecule has 1 aromatic heterocycles. The number of fused-ring (bicyclic) bond motifs is 1. The van der Waals surface area contributed by atoms with Gasteiger partial charge in [-0.2, -0.15) is 0 Å². The highest BCUT2D eigenvalue weighted by atomic mass is 16.5. The minimum atomic E-state index is -0.409. The molecule has 2 aromatic rings. The summed E-state index contributed by atoms with van der Waals surface area (Å²) >= 11 is 0. The number of carbonyl (C=O) groups excluding carboxylic acids is 1. The van der Waals surface area contributed by atoms with Crippen LogP contribution >= 0.6 is 0 Å². The van der Waals surface area contributed by atoms with Gasteiger partial charge in [0.15, 0.2) is 0 Å². The average Bonchev–Trinajstić information content (AvgIpc) is 2.46. The van der Waals surface area contributed by atoms with Gasteiger partial charge in [-0.05, 0) is 18.4 Å². The number of nitrogens with zero attached hydrogens (tertiary/aromatic N) is 2. The first-order valence-corrected chi connectivity index (χ1v) is 7.36. The summed E-state index contributed by atoms with van der Waals surface area (Å²) in [5.41, 5.74) is 1.60. The van der Waals surface area contributed by atoms with Gasteiger partial charge in [0.2, 0.25) is 0 Å². The number of rotatable bonds is 4. The standard InChI is InChI=1S/C17H23N3O2/c1-11-12-8-6-7-9-13(12)20-14(19-11)10-18-15(16(21)22-5)17(2,3)4/h6-9,15,18H,10H2,1-5H3/t15-/m0/s1. The summed E-state index contributed by atoms with van der Waals surface area (Å²) in [5.74, 6) is 0.402. The molecular weight excluding hydrogens is 278 g/mol. The molecule has 0 saturated heterocycles. The Bertz CT molecular complexity index is 677. The highest BCUT2D eigenvalue weighted by Crippen LogP contribution is 2.21. The summed E-state index contributed by atoms with van der Waals surface area (Å²) in [6, 6.07) is 7.50. The van der Waals surface area contributed by atoms with Gasteiger partial charge in [0.05, 0.1) is 19.2 Å². The number of methoxy groups -OCH3 is 1. The van der Waals surface area contributed by atoms with E-state index in [1.54, 1.807) is 0 Å². The van der Waals surface area contributed by atoms with Gasteiger partial charge < -0.3 is 4.74 Å². The maximum absolute atomic E-state index is 11.9. The second-order valence-corrected chi connectivity index (χ2v) is 6.45. The van der Waals surface area contributed by atoms with E-state index in [0.29, 0.717) is 12.4 Å². The number of para-hydroxylation sites is 1. The number of carbonyl (C=O) groups is 1. The fourth-order valence-corrected chi connectivity index (χ4v) is 2.43. The molecule has 1 atom stereocenters. The molecule has 0 fully saturated rings. The van der Waals surface area contributed by atoms with Gasteiger partial charge in [0.25, 0.3) is 0 Å². The Balaban J connectivity index is 2.21. The summed E-state index contributed by atoms with van der Waals surface area (Å²) in [6.45, 7) is 8.37. The smallest absolute Gasteiger partial charge is 0.323 e. The second kappa shape index (κ2) is 6.40. The monoisotopic (exact) mass is 301 g/mol. The van der Waals surface area contributed by atoms with Crippen molar-refractivity contribution in [2.24, 2.45) is 5.41 Å². The molecule has 0 unspecified atom stereocenters. The van der Waals surface area contributed by atoms with E-state index in [9.17, 15) is 4.79 Å². The van der Waals surface area contributed by atoms with Crippen molar-refractivity contribution in [2.45, 2.75) is 40.3 Å². The number of esters is 1. The number of nitrogens with one attached hydrogen (secondary N) is 1. The Morgan fingerprint density at radius 3 is 2.59 bits per heavy atom. The largest absolute Gasteiger partial charge is 0.468 e. The first-order valence-electron chi connectivity index (χ1n) is 7.36. The van der Waals surface area contributed by atoms with Gasteiger partial charge in [0, 0.05) is 11.1 Å². The van der Waals surface area contributed by atoms with Gasteiger partial charge in [-0.3, -0.25) is 10.1 Å². The molecule has 1 N–H and O–H groups in total. The lowest BCUT2D eigenvalue weighted by molar-refractivity contribution is -0.146. The van der Waals surface area contributed by atoms with E-state index >= 15 is 0 Å². The molecule has 1 heterocycles. The average molecular weight is 301 g/mol. The third kappa shape index (κ3) is 3.60. The van der Waals surface area contributed by atoms with Crippen LogP contribution in [0, 0.1) is 12.3 Å². The van der Waals surface area contributed by atoms with E-state index in [1.165, 1.54) is 7.11 Å². The van der Waals surface area contributed by atoms with Crippen LogP contribution in [0.2, 0.25) is 0 Å². The predicted octanol–water partition coefficient (Wildman–Crippen LogP) is 2.62. The van der Waals surface area contributed by atoms with Crippen molar-refractivity contribution in [1.82, 2.24) is 15.3 Å². The van der Waals surface area contributed by atoms with E-state index < -0.39 is 6.04 Å². The number of aryl methyl sites for hydroxylation is 1. The topological polar surface area (TPSA) is 64.1 Å². The van der Waals surface area contributed by atoms with Crippen molar-refractivity contribution in [3.63, 3.8) is 0 Å². The second-order valence-electron chi connectivity index (χ2n) is 6.45. The van der Waals surface area contributed by atoms with Crippen molar-refractivity contribution in [1.29, 1.82) is 0 Å². The molecule has 0 bridgehead atoms. The minimum absolute atomic E-state index is 0.251. The Morgan fingerprint density at radius 2 is 1.95 bits per heavy atom. The SMILES string of the molecule is COC(=O)[C@H](NCc1nc(C)c2ccccc2n1)C(C)(C)C. The molecule has 0 amide bonds. The maximum Gasteiger partial charge on any atom is 0.323 e. The van der Waals surface area contributed by atoms with E-state index in [0.717, 1.165) is 16.6 Å². The Morgan fingerprint density at radius 1 is 1.27 bits per heavy atom. The third-order valence-corrected chi connectivity index (χ3v) is 3.61. The molecule has 0 spiro atoms. The summed E-state index contributed by atoms with van der Waals surface area (Å²) in [6.07, 6.45) is 0. The summed E-state index contributed by atoms with van der Waals surface area (Å²) in [5, 5.41) is 4.27. The lowest BCUT2D eigenvalue weighted by Gasteiger charge is -2.29. The molecule has 0 aliphatic heterocycles. The quantitative estimate of drug-likeness (QED) is 0.879. The molecule has 5 nitrogen and oxygen atoms in total. The van der Waals surface area contributed by atoms with Gasteiger partial charge in [0.1, 0.15) is 11.9 Å². The first-order chi connectivity index (χ1) is 10.3. The number of aromatic nitrogens is 2. The molecule has 0 aliphatic rings. The molecule has 0 saturated carbocycles. The van der Waals surface area contributed by atoms with Crippen molar-refractivity contribution >= 4 is 16.9 Å². The first kappa shape index (κ1) is 16.4. The molecule has 0 radical (unpaired) electrons. The van der Waals surface area contributed by atoms with Crippen LogP contribution in [-0.2, 0) is 16.1 Å². The van der Waals surface area contributed by atoms with Gasteiger partial charge in [-0.25, -0.2) is 9.97 Å². The van der Waals surface area contributed by atoms with Crippen LogP contribution in [0.15, 0.2) is 24.3 Å². The zero-order valence-electron chi connectivity index (χ0n) is 13.8. The van der Waals surface area contributed by atoms with Crippen molar-refractivity contribution < 1.29 is 9.53 Å². The van der Waals surface area contributed by atoms with Gasteiger partial charge >= 0.3 is 5.97 Å². The van der Waals surface area contributed by atoms with Crippen LogP contribution in [0.4, 0.5) is 0 Å². The van der Waals surface area contributed by atoms with Crippen LogP contribution in [0.1, 0.15) is 32.3 Å². The van der Waals surface area contributed by atoms with Gasteiger partial charge in [-0.1, -0.05) is 39.0 Å². The summed E-state index contributed by atoms with van der Waals surface area (Å²) < 4.78 is 4.88. The van der Waals surface area contributed by atoms with E-state index in [-0.39, 0.29) is 11.4 Å². The van der Waals surface area contributed by atoms with E-state index in [1.807, 2.05) is 52.0 Å². The highest BCUT2D eigenvalue weighted by molar-refractivity contribution is 5.80. The number of hydrogen-bond acceptors (Lipinski definition) is 5. The van der Waals surface area contributed by atoms with E-state index in [4.69, 9.17) is 4.74 Å². The Kier molecular flexibility index (Phi) is 4.76. The Labute approximate surface area is 131 Å². The van der Waals surface area contributed by atoms with Crippen LogP contribution in [0.3, 0.4) is 0 Å². The van der Waals surface area contributed by atoms with Gasteiger partial charge in [-0.15, -0.1) is 0 Å². The fraction of sp³-hybridized carbons (Fsp3) is 0.471. The minimum Gasteiger partial charge on any atom is -0.468 e. The number of ether oxygens (including phenoxy) is 1. The van der Waals surface area contributed by atoms with Crippen molar-refractivity contribution in [3.8, 4) is 0 Å². The Hall–Kier alpha value is -2.01. The molecule has 2 rings (SSSR count). The molecular formula is C17H23N3O2. The van der Waals surface area contributed by atoms with E-state index in [2.05, 4.69) is 15.3 Å². The zero-order chi connectivity index (χ0) is 16.3. The molecule has 1 aromatic carbocycles. The lowest BCUT2D eigenvalue weighted by Crippen LogP contribution is -2.47. The molecule has 22 heavy (non-hydrogen) atoms. The summed E-state index contributed by atoms with van der Waals surface area (Å²) in [4.78, 5) is 21.0. The van der Waals surface area contributed by atoms with Crippen molar-refractivity contribution in [2.75, 3.05) is 7.11 Å². The predicted molar refractivity (Wildman–Crippen MR) is 86.4 cm³/mol. The number of hydrogen-bond donors (Lipinski definition) is 1. The maximum atomic E-state index is 11.9. The van der Waals surface area contributed by atoms with Crippen LogP contribution in [0.5, 0.6) is 0 Å².